The van der Waals surface area contributed by atoms with Crippen molar-refractivity contribution in [2.24, 2.45) is 4.99 Å². The van der Waals surface area contributed by atoms with Crippen LogP contribution in [0.15, 0.2) is 59.6 Å². The first-order valence-electron chi connectivity index (χ1n) is 6.45. The fourth-order valence-electron chi connectivity index (χ4n) is 2.12. The van der Waals surface area contributed by atoms with E-state index in [1.165, 1.54) is 11.1 Å². The van der Waals surface area contributed by atoms with Crippen LogP contribution in [0.3, 0.4) is 0 Å². The van der Waals surface area contributed by atoms with E-state index in [-0.39, 0.29) is 0 Å². The molecular formula is C16H16N2S. The van der Waals surface area contributed by atoms with E-state index in [9.17, 15) is 0 Å². The zero-order valence-corrected chi connectivity index (χ0v) is 11.7. The van der Waals surface area contributed by atoms with E-state index in [0.717, 1.165) is 17.4 Å². The number of para-hydroxylation sites is 1. The molecule has 3 heteroatoms. The van der Waals surface area contributed by atoms with Gasteiger partial charge in [0, 0.05) is 16.5 Å². The largest absolute Gasteiger partial charge is 0.334 e. The lowest BCUT2D eigenvalue weighted by atomic mass is 10.0. The molecule has 0 radical (unpaired) electrons. The van der Waals surface area contributed by atoms with Gasteiger partial charge in [-0.25, -0.2) is 0 Å². The molecule has 2 aromatic carbocycles. The minimum Gasteiger partial charge on any atom is -0.334 e. The Morgan fingerprint density at radius 3 is 2.53 bits per heavy atom. The van der Waals surface area contributed by atoms with Crippen molar-refractivity contribution in [1.82, 2.24) is 0 Å². The van der Waals surface area contributed by atoms with Crippen molar-refractivity contribution >= 4 is 22.6 Å². The molecule has 0 saturated carbocycles. The van der Waals surface area contributed by atoms with Crippen LogP contribution in [0.5, 0.6) is 0 Å². The Bertz CT molecular complexity index is 593. The molecule has 0 aromatic heterocycles. The molecule has 96 valence electrons. The van der Waals surface area contributed by atoms with Crippen LogP contribution in [-0.4, -0.2) is 17.0 Å². The minimum atomic E-state index is 0.575. The number of hydrogen-bond acceptors (Lipinski definition) is 3. The summed E-state index contributed by atoms with van der Waals surface area (Å²) in [6, 6.07) is 18.8. The molecule has 0 aliphatic carbocycles. The molecule has 0 amide bonds. The van der Waals surface area contributed by atoms with Crippen molar-refractivity contribution in [3.8, 4) is 11.1 Å². The summed E-state index contributed by atoms with van der Waals surface area (Å²) in [6.07, 6.45) is 0. The molecule has 1 atom stereocenters. The molecule has 1 heterocycles. The Labute approximate surface area is 118 Å². The van der Waals surface area contributed by atoms with E-state index < -0.39 is 0 Å². The van der Waals surface area contributed by atoms with Crippen molar-refractivity contribution in [1.29, 1.82) is 0 Å². The van der Waals surface area contributed by atoms with Gasteiger partial charge in [-0.15, -0.1) is 0 Å². The van der Waals surface area contributed by atoms with Crippen LogP contribution < -0.4 is 5.32 Å². The first kappa shape index (κ1) is 12.3. The Morgan fingerprint density at radius 2 is 1.79 bits per heavy atom. The van der Waals surface area contributed by atoms with Gasteiger partial charge < -0.3 is 5.32 Å². The molecule has 0 fully saturated rings. The van der Waals surface area contributed by atoms with Gasteiger partial charge in [0.1, 0.15) is 0 Å². The lowest BCUT2D eigenvalue weighted by Gasteiger charge is -2.11. The average molecular weight is 268 g/mol. The summed E-state index contributed by atoms with van der Waals surface area (Å²) in [7, 11) is 0. The van der Waals surface area contributed by atoms with Gasteiger partial charge in [-0.1, -0.05) is 67.2 Å². The predicted octanol–water partition coefficient (Wildman–Crippen LogP) is 4.26. The van der Waals surface area contributed by atoms with E-state index in [4.69, 9.17) is 0 Å². The third kappa shape index (κ3) is 2.82. The molecule has 0 bridgehead atoms. The van der Waals surface area contributed by atoms with Gasteiger partial charge in [-0.05, 0) is 11.6 Å². The fraction of sp³-hybridized carbons (Fsp3) is 0.188. The molecule has 0 spiro atoms. The predicted molar refractivity (Wildman–Crippen MR) is 84.9 cm³/mol. The molecular weight excluding hydrogens is 252 g/mol. The van der Waals surface area contributed by atoms with E-state index in [0.29, 0.717) is 5.25 Å². The van der Waals surface area contributed by atoms with Crippen LogP contribution >= 0.6 is 11.8 Å². The SMILES string of the molecule is CC1CN=C(Nc2ccccc2-c2ccccc2)S1. The summed E-state index contributed by atoms with van der Waals surface area (Å²) >= 11 is 1.80. The zero-order valence-electron chi connectivity index (χ0n) is 10.8. The molecule has 2 nitrogen and oxygen atoms in total. The minimum absolute atomic E-state index is 0.575. The Kier molecular flexibility index (Phi) is 3.56. The normalized spacial score (nSPS) is 18.2. The molecule has 2 aromatic rings. The number of anilines is 1. The van der Waals surface area contributed by atoms with Crippen molar-refractivity contribution in [2.75, 3.05) is 11.9 Å². The Morgan fingerprint density at radius 1 is 1.05 bits per heavy atom. The quantitative estimate of drug-likeness (QED) is 0.880. The number of nitrogens with one attached hydrogen (secondary N) is 1. The van der Waals surface area contributed by atoms with Crippen LogP contribution in [-0.2, 0) is 0 Å². The monoisotopic (exact) mass is 268 g/mol. The van der Waals surface area contributed by atoms with Crippen molar-refractivity contribution in [3.63, 3.8) is 0 Å². The maximum absolute atomic E-state index is 4.52. The van der Waals surface area contributed by atoms with Gasteiger partial charge in [-0.2, -0.15) is 0 Å². The van der Waals surface area contributed by atoms with Gasteiger partial charge in [0.2, 0.25) is 0 Å². The highest BCUT2D eigenvalue weighted by Gasteiger charge is 2.16. The molecule has 1 unspecified atom stereocenters. The van der Waals surface area contributed by atoms with Crippen LogP contribution in [0.2, 0.25) is 0 Å². The first-order chi connectivity index (χ1) is 9.33. The second kappa shape index (κ2) is 5.49. The van der Waals surface area contributed by atoms with Gasteiger partial charge in [0.15, 0.2) is 5.17 Å². The van der Waals surface area contributed by atoms with Gasteiger partial charge >= 0.3 is 0 Å². The summed E-state index contributed by atoms with van der Waals surface area (Å²) in [4.78, 5) is 4.52. The van der Waals surface area contributed by atoms with Crippen LogP contribution in [0, 0.1) is 0 Å². The van der Waals surface area contributed by atoms with E-state index in [1.807, 2.05) is 6.07 Å². The van der Waals surface area contributed by atoms with Gasteiger partial charge in [-0.3, -0.25) is 4.99 Å². The summed E-state index contributed by atoms with van der Waals surface area (Å²) in [5.41, 5.74) is 3.56. The smallest absolute Gasteiger partial charge is 0.161 e. The van der Waals surface area contributed by atoms with E-state index in [2.05, 4.69) is 65.8 Å². The molecule has 1 N–H and O–H groups in total. The van der Waals surface area contributed by atoms with Gasteiger partial charge in [0.05, 0.1) is 6.54 Å². The number of aliphatic imine (C=N–C) groups is 1. The number of hydrogen-bond donors (Lipinski definition) is 1. The highest BCUT2D eigenvalue weighted by atomic mass is 32.2. The Hall–Kier alpha value is -1.74. The number of rotatable bonds is 2. The number of nitrogens with zero attached hydrogens (tertiary/aromatic N) is 1. The molecule has 1 aliphatic heterocycles. The summed E-state index contributed by atoms with van der Waals surface area (Å²) in [6.45, 7) is 3.10. The van der Waals surface area contributed by atoms with Crippen molar-refractivity contribution in [2.45, 2.75) is 12.2 Å². The maximum Gasteiger partial charge on any atom is 0.161 e. The van der Waals surface area contributed by atoms with Crippen molar-refractivity contribution < 1.29 is 0 Å². The number of thioether (sulfide) groups is 1. The van der Waals surface area contributed by atoms with E-state index in [1.54, 1.807) is 11.8 Å². The zero-order chi connectivity index (χ0) is 13.1. The van der Waals surface area contributed by atoms with E-state index >= 15 is 0 Å². The lowest BCUT2D eigenvalue weighted by Crippen LogP contribution is -2.06. The van der Waals surface area contributed by atoms with Gasteiger partial charge in [0.25, 0.3) is 0 Å². The third-order valence-electron chi connectivity index (χ3n) is 3.06. The van der Waals surface area contributed by atoms with Crippen LogP contribution in [0.1, 0.15) is 6.92 Å². The fourth-order valence-corrected chi connectivity index (χ4v) is 2.97. The highest BCUT2D eigenvalue weighted by molar-refractivity contribution is 8.15. The molecule has 0 saturated heterocycles. The third-order valence-corrected chi connectivity index (χ3v) is 4.06. The van der Waals surface area contributed by atoms with Crippen LogP contribution in [0.25, 0.3) is 11.1 Å². The summed E-state index contributed by atoms with van der Waals surface area (Å²) in [5, 5.41) is 5.05. The number of amidine groups is 1. The summed E-state index contributed by atoms with van der Waals surface area (Å²) in [5.74, 6) is 0. The highest BCUT2D eigenvalue weighted by Crippen LogP contribution is 2.30. The Balaban J connectivity index is 1.90. The van der Waals surface area contributed by atoms with Crippen molar-refractivity contribution in [3.05, 3.63) is 54.6 Å². The second-order valence-corrected chi connectivity index (χ2v) is 6.04. The molecule has 19 heavy (non-hydrogen) atoms. The first-order valence-corrected chi connectivity index (χ1v) is 7.33. The van der Waals surface area contributed by atoms with Crippen LogP contribution in [0.4, 0.5) is 5.69 Å². The maximum atomic E-state index is 4.52. The molecule has 3 rings (SSSR count). The molecule has 1 aliphatic rings. The average Bonchev–Trinajstić information content (AvgIpc) is 2.86. The summed E-state index contributed by atoms with van der Waals surface area (Å²) < 4.78 is 0. The topological polar surface area (TPSA) is 24.4 Å². The standard InChI is InChI=1S/C16H16N2S/c1-12-11-17-16(19-12)18-15-10-6-5-9-14(15)13-7-3-2-4-8-13/h2-10,12H,11H2,1H3,(H,17,18). The number of benzene rings is 2. The lowest BCUT2D eigenvalue weighted by molar-refractivity contribution is 0.976. The second-order valence-electron chi connectivity index (χ2n) is 4.61.